The molecule has 49 heavy (non-hydrogen) atoms. The summed E-state index contributed by atoms with van der Waals surface area (Å²) in [5.41, 5.74) is -2.74. The van der Waals surface area contributed by atoms with Crippen LogP contribution in [0.25, 0.3) is 32.1 Å². The number of nitrogens with zero attached hydrogens (tertiary/aromatic N) is 5. The van der Waals surface area contributed by atoms with Gasteiger partial charge in [-0.2, -0.15) is 28.4 Å². The number of aromatic nitrogens is 2. The maximum atomic E-state index is 17.0. The highest BCUT2D eigenvalue weighted by Crippen LogP contribution is 2.48. The number of nitriles is 1. The van der Waals surface area contributed by atoms with E-state index in [0.29, 0.717) is 17.7 Å². The normalized spacial score (nSPS) is 15.8. The van der Waals surface area contributed by atoms with Crippen molar-refractivity contribution in [3.05, 3.63) is 64.2 Å². The molecular formula is C35H33BF5N5O2S. The number of halogens is 5. The SMILES string of the molecule is [B]C(CCCC)Oc1nc(N2CCN(C(=C=O)C=C)C(C)C2)c2cc(C(F)(F)F)c(-c3ccc(F)c4sc(C(C)C)c(C#N)c34)c(F)c2n1. The van der Waals surface area contributed by atoms with Crippen LogP contribution >= 0.6 is 11.3 Å². The highest BCUT2D eigenvalue weighted by atomic mass is 32.1. The summed E-state index contributed by atoms with van der Waals surface area (Å²) in [6.45, 7) is 11.6. The molecule has 2 radical (unpaired) electrons. The van der Waals surface area contributed by atoms with Crippen LogP contribution in [0.1, 0.15) is 68.9 Å². The molecule has 0 N–H and O–H groups in total. The molecule has 1 fully saturated rings. The van der Waals surface area contributed by atoms with Crippen LogP contribution in [-0.2, 0) is 11.0 Å². The zero-order valence-corrected chi connectivity index (χ0v) is 28.2. The number of unbranched alkanes of at least 4 members (excludes halogenated alkanes) is 1. The molecule has 0 aliphatic carbocycles. The first-order valence-corrected chi connectivity index (χ1v) is 16.6. The Bertz CT molecular complexity index is 2020. The molecule has 0 bridgehead atoms. The summed E-state index contributed by atoms with van der Waals surface area (Å²) in [4.78, 5) is 24.1. The van der Waals surface area contributed by atoms with Gasteiger partial charge in [-0.05, 0) is 43.0 Å². The van der Waals surface area contributed by atoms with E-state index in [2.05, 4.69) is 16.5 Å². The zero-order valence-electron chi connectivity index (χ0n) is 27.4. The fourth-order valence-electron chi connectivity index (χ4n) is 6.21. The molecule has 5 rings (SSSR count). The summed E-state index contributed by atoms with van der Waals surface area (Å²) in [7, 11) is 6.17. The van der Waals surface area contributed by atoms with E-state index >= 15 is 22.0 Å². The van der Waals surface area contributed by atoms with E-state index < -0.39 is 40.5 Å². The Morgan fingerprint density at radius 1 is 1.27 bits per heavy atom. The van der Waals surface area contributed by atoms with Gasteiger partial charge in [0.15, 0.2) is 5.82 Å². The topological polar surface area (TPSA) is 82.4 Å². The highest BCUT2D eigenvalue weighted by molar-refractivity contribution is 7.19. The summed E-state index contributed by atoms with van der Waals surface area (Å²) in [5.74, 6) is -0.484. The summed E-state index contributed by atoms with van der Waals surface area (Å²) in [6.07, 6.45) is -1.75. The van der Waals surface area contributed by atoms with Crippen molar-refractivity contribution in [2.24, 2.45) is 0 Å². The average Bonchev–Trinajstić information content (AvgIpc) is 3.46. The molecule has 4 aromatic rings. The number of hydrogen-bond donors (Lipinski definition) is 0. The number of thiophene rings is 1. The molecule has 0 amide bonds. The smallest absolute Gasteiger partial charge is 0.417 e. The third-order valence-corrected chi connectivity index (χ3v) is 10.1. The molecule has 14 heteroatoms. The molecule has 7 nitrogen and oxygen atoms in total. The van der Waals surface area contributed by atoms with E-state index in [1.807, 2.05) is 25.9 Å². The number of alkyl halides is 3. The molecule has 2 unspecified atom stereocenters. The van der Waals surface area contributed by atoms with E-state index in [9.17, 15) is 10.1 Å². The Balaban J connectivity index is 1.81. The van der Waals surface area contributed by atoms with Crippen LogP contribution in [0.15, 0.2) is 36.6 Å². The third kappa shape index (κ3) is 6.74. The summed E-state index contributed by atoms with van der Waals surface area (Å²) < 4.78 is 83.0. The number of ether oxygens (including phenoxy) is 1. The zero-order chi connectivity index (χ0) is 35.8. The molecule has 3 heterocycles. The predicted molar refractivity (Wildman–Crippen MR) is 182 cm³/mol. The number of anilines is 1. The minimum atomic E-state index is -5.08. The fourth-order valence-corrected chi connectivity index (χ4v) is 7.40. The van der Waals surface area contributed by atoms with Crippen LogP contribution in [0.5, 0.6) is 6.01 Å². The molecule has 1 aliphatic rings. The first kappa shape index (κ1) is 35.8. The fraction of sp³-hybridized carbons (Fsp3) is 0.400. The van der Waals surface area contributed by atoms with Gasteiger partial charge in [0.1, 0.15) is 42.7 Å². The summed E-state index contributed by atoms with van der Waals surface area (Å²) in [6, 6.07) is 3.31. The van der Waals surface area contributed by atoms with Gasteiger partial charge in [-0.25, -0.2) is 13.6 Å². The first-order valence-electron chi connectivity index (χ1n) is 15.8. The number of carbonyl (C=O) groups excluding carboxylic acids is 1. The Hall–Kier alpha value is -4.47. The first-order chi connectivity index (χ1) is 23.2. The lowest BCUT2D eigenvalue weighted by atomic mass is 9.91. The Kier molecular flexibility index (Phi) is 10.4. The number of hydrogen-bond acceptors (Lipinski definition) is 8. The van der Waals surface area contributed by atoms with Gasteiger partial charge < -0.3 is 14.5 Å². The maximum Gasteiger partial charge on any atom is 0.417 e. The Labute approximate surface area is 286 Å². The van der Waals surface area contributed by atoms with Crippen molar-refractivity contribution in [3.63, 3.8) is 0 Å². The highest BCUT2D eigenvalue weighted by Gasteiger charge is 2.39. The lowest BCUT2D eigenvalue weighted by Crippen LogP contribution is -2.51. The van der Waals surface area contributed by atoms with Crippen LogP contribution < -0.4 is 9.64 Å². The van der Waals surface area contributed by atoms with Crippen molar-refractivity contribution in [2.45, 2.75) is 71.1 Å². The van der Waals surface area contributed by atoms with Gasteiger partial charge >= 0.3 is 12.2 Å². The molecule has 1 aliphatic heterocycles. The van der Waals surface area contributed by atoms with Crippen LogP contribution in [-0.4, -0.2) is 60.3 Å². The van der Waals surface area contributed by atoms with Gasteiger partial charge in [-0.15, -0.1) is 11.3 Å². The lowest BCUT2D eigenvalue weighted by molar-refractivity contribution is -0.137. The van der Waals surface area contributed by atoms with E-state index in [0.717, 1.165) is 36.0 Å². The molecule has 254 valence electrons. The van der Waals surface area contributed by atoms with Crippen molar-refractivity contribution in [2.75, 3.05) is 24.5 Å². The van der Waals surface area contributed by atoms with Gasteiger partial charge in [-0.1, -0.05) is 46.3 Å². The standard InChI is InChI=1S/C35H33BF5N5O2S/c1-6-8-9-26(36)48-34-43-30-22(33(44-34)45-12-13-46(19(5)16-45)20(7-2)17-47)14-24(35(39,40)41)28(29(30)38)21-10-11-25(37)32-27(21)23(15-42)31(49-32)18(3)4/h7,10-11,14,18-19,26H,2,6,8-9,12-13,16H2,1,3-5H3. The largest absolute Gasteiger partial charge is 0.471 e. The van der Waals surface area contributed by atoms with Gasteiger partial charge in [0, 0.05) is 46.9 Å². The minimum Gasteiger partial charge on any atom is -0.471 e. The monoisotopic (exact) mass is 693 g/mol. The second-order valence-electron chi connectivity index (χ2n) is 12.2. The van der Waals surface area contributed by atoms with E-state index in [4.69, 9.17) is 12.6 Å². The number of rotatable bonds is 10. The van der Waals surface area contributed by atoms with Crippen molar-refractivity contribution in [1.29, 1.82) is 5.26 Å². The quantitative estimate of drug-likeness (QED) is 0.0716. The van der Waals surface area contributed by atoms with E-state index in [1.165, 1.54) is 6.08 Å². The minimum absolute atomic E-state index is 0.0125. The van der Waals surface area contributed by atoms with E-state index in [-0.39, 0.29) is 75.7 Å². The van der Waals surface area contributed by atoms with Crippen molar-refractivity contribution in [3.8, 4) is 23.2 Å². The van der Waals surface area contributed by atoms with E-state index in [1.54, 1.807) is 23.6 Å². The number of allylic oxidation sites excluding steroid dienone is 1. The van der Waals surface area contributed by atoms with Crippen LogP contribution in [0.4, 0.5) is 27.8 Å². The molecule has 1 saturated heterocycles. The second-order valence-corrected chi connectivity index (χ2v) is 13.3. The summed E-state index contributed by atoms with van der Waals surface area (Å²) >= 11 is 0.954. The van der Waals surface area contributed by atoms with Gasteiger partial charge in [0.2, 0.25) is 0 Å². The summed E-state index contributed by atoms with van der Waals surface area (Å²) in [5, 5.41) is 9.76. The Morgan fingerprint density at radius 2 is 2.00 bits per heavy atom. The van der Waals surface area contributed by atoms with Crippen molar-refractivity contribution >= 4 is 51.9 Å². The molecule has 2 aromatic heterocycles. The number of fused-ring (bicyclic) bond motifs is 2. The van der Waals surface area contributed by atoms with Crippen LogP contribution in [0.2, 0.25) is 0 Å². The predicted octanol–water partition coefficient (Wildman–Crippen LogP) is 8.28. The lowest BCUT2D eigenvalue weighted by Gasteiger charge is -2.41. The van der Waals surface area contributed by atoms with Crippen molar-refractivity contribution in [1.82, 2.24) is 14.9 Å². The maximum absolute atomic E-state index is 17.0. The molecule has 0 saturated carbocycles. The average molecular weight is 694 g/mol. The number of benzene rings is 2. The molecule has 0 spiro atoms. The molecule has 2 atom stereocenters. The molecule has 2 aromatic carbocycles. The van der Waals surface area contributed by atoms with Gasteiger partial charge in [0.05, 0.1) is 21.8 Å². The second kappa shape index (κ2) is 14.2. The van der Waals surface area contributed by atoms with Gasteiger partial charge in [-0.3, -0.25) is 0 Å². The number of piperazine rings is 1. The van der Waals surface area contributed by atoms with Gasteiger partial charge in [0.25, 0.3) is 0 Å². The third-order valence-electron chi connectivity index (χ3n) is 8.55. The van der Waals surface area contributed by atoms with Crippen LogP contribution in [0.3, 0.4) is 0 Å². The van der Waals surface area contributed by atoms with Crippen molar-refractivity contribution < 1.29 is 31.5 Å². The molecular weight excluding hydrogens is 660 g/mol. The van der Waals surface area contributed by atoms with Crippen LogP contribution in [0, 0.1) is 23.0 Å². The Morgan fingerprint density at radius 3 is 2.59 bits per heavy atom.